The average Bonchev–Trinajstić information content (AvgIpc) is 3.28. The molecule has 2 aliphatic heterocycles. The van der Waals surface area contributed by atoms with E-state index >= 15 is 0 Å². The van der Waals surface area contributed by atoms with Crippen LogP contribution in [0.5, 0.6) is 17.2 Å². The first-order chi connectivity index (χ1) is 13.4. The molecule has 0 aliphatic carbocycles. The zero-order chi connectivity index (χ0) is 20.4. The Labute approximate surface area is 177 Å². The van der Waals surface area contributed by atoms with Crippen molar-refractivity contribution in [1.82, 2.24) is 4.90 Å². The second-order valence-corrected chi connectivity index (χ2v) is 7.47. The molecule has 8 nitrogen and oxygen atoms in total. The van der Waals surface area contributed by atoms with Gasteiger partial charge in [-0.1, -0.05) is 0 Å². The number of carbonyl (C=O) groups excluding carboxylic acids is 2. The van der Waals surface area contributed by atoms with Crippen LogP contribution in [0.3, 0.4) is 0 Å². The number of likely N-dealkylation sites (tertiary alicyclic amines) is 1. The van der Waals surface area contributed by atoms with Crippen molar-refractivity contribution in [3.8, 4) is 17.2 Å². The van der Waals surface area contributed by atoms with E-state index in [1.165, 1.54) is 21.3 Å². The number of hydrogen-bond acceptors (Lipinski definition) is 6. The summed E-state index contributed by atoms with van der Waals surface area (Å²) in [6.45, 7) is 3.63. The summed E-state index contributed by atoms with van der Waals surface area (Å²) >= 11 is 0. The van der Waals surface area contributed by atoms with Gasteiger partial charge in [-0.3, -0.25) is 9.59 Å². The summed E-state index contributed by atoms with van der Waals surface area (Å²) < 4.78 is 16.1. The first-order valence-corrected chi connectivity index (χ1v) is 9.54. The zero-order valence-corrected chi connectivity index (χ0v) is 18.2. The van der Waals surface area contributed by atoms with E-state index in [0.717, 1.165) is 6.42 Å². The molecule has 3 atom stereocenters. The molecule has 2 aliphatic rings. The van der Waals surface area contributed by atoms with Gasteiger partial charge in [-0.25, -0.2) is 0 Å². The van der Waals surface area contributed by atoms with Gasteiger partial charge in [-0.2, -0.15) is 0 Å². The van der Waals surface area contributed by atoms with E-state index in [4.69, 9.17) is 19.9 Å². The molecule has 29 heavy (non-hydrogen) atoms. The van der Waals surface area contributed by atoms with Gasteiger partial charge in [0.05, 0.1) is 32.9 Å². The second-order valence-electron chi connectivity index (χ2n) is 7.47. The summed E-state index contributed by atoms with van der Waals surface area (Å²) in [6.07, 6.45) is 1.12. The Morgan fingerprint density at radius 2 is 1.76 bits per heavy atom. The topological polar surface area (TPSA) is 94.3 Å². The first-order valence-electron chi connectivity index (χ1n) is 9.54. The fraction of sp³-hybridized carbons (Fsp3) is 0.600. The van der Waals surface area contributed by atoms with Crippen LogP contribution in [0.25, 0.3) is 0 Å². The normalized spacial score (nSPS) is 23.8. The monoisotopic (exact) mass is 427 g/mol. The quantitative estimate of drug-likeness (QED) is 0.742. The standard InChI is InChI=1S/C20H29N3O5.ClH/c1-12-5-13(9-21)10-22(12)20(25)14-6-18(24)23(11-14)15-7-16(26-2)19(28-4)17(8-15)27-3;/h7-8,12-14H,5-6,9-11,21H2,1-4H3;1H. The molecule has 162 valence electrons. The minimum absolute atomic E-state index is 0. The molecule has 2 amide bonds. The molecule has 0 radical (unpaired) electrons. The largest absolute Gasteiger partial charge is 0.493 e. The smallest absolute Gasteiger partial charge is 0.228 e. The third-order valence-electron chi connectivity index (χ3n) is 5.71. The van der Waals surface area contributed by atoms with Crippen LogP contribution in [0.1, 0.15) is 19.8 Å². The van der Waals surface area contributed by atoms with Crippen molar-refractivity contribution in [1.29, 1.82) is 0 Å². The fourth-order valence-electron chi connectivity index (χ4n) is 4.20. The summed E-state index contributed by atoms with van der Waals surface area (Å²) in [5.41, 5.74) is 6.40. The number of hydrogen-bond donors (Lipinski definition) is 1. The van der Waals surface area contributed by atoms with Gasteiger partial charge in [0.2, 0.25) is 17.6 Å². The molecule has 1 aromatic rings. The molecule has 1 aromatic carbocycles. The summed E-state index contributed by atoms with van der Waals surface area (Å²) in [7, 11) is 4.59. The summed E-state index contributed by atoms with van der Waals surface area (Å²) in [6, 6.07) is 3.62. The highest BCUT2D eigenvalue weighted by Gasteiger charge is 2.41. The van der Waals surface area contributed by atoms with Crippen LogP contribution in [0.15, 0.2) is 12.1 Å². The predicted octanol–water partition coefficient (Wildman–Crippen LogP) is 1.68. The van der Waals surface area contributed by atoms with E-state index in [-0.39, 0.29) is 42.6 Å². The number of anilines is 1. The Balaban J connectivity index is 0.00000300. The lowest BCUT2D eigenvalue weighted by molar-refractivity contribution is -0.136. The minimum atomic E-state index is -0.356. The highest BCUT2D eigenvalue weighted by Crippen LogP contribution is 2.42. The van der Waals surface area contributed by atoms with Gasteiger partial charge < -0.3 is 29.7 Å². The van der Waals surface area contributed by atoms with Crippen molar-refractivity contribution in [2.75, 3.05) is 45.9 Å². The van der Waals surface area contributed by atoms with Crippen molar-refractivity contribution in [2.45, 2.75) is 25.8 Å². The van der Waals surface area contributed by atoms with Crippen LogP contribution in [0, 0.1) is 11.8 Å². The molecular weight excluding hydrogens is 398 g/mol. The van der Waals surface area contributed by atoms with E-state index in [1.54, 1.807) is 17.0 Å². The van der Waals surface area contributed by atoms with Crippen molar-refractivity contribution in [3.63, 3.8) is 0 Å². The van der Waals surface area contributed by atoms with E-state index < -0.39 is 0 Å². The first kappa shape index (κ1) is 23.1. The lowest BCUT2D eigenvalue weighted by Gasteiger charge is -2.25. The van der Waals surface area contributed by atoms with Gasteiger partial charge in [0.1, 0.15) is 0 Å². The Hall–Kier alpha value is -2.19. The van der Waals surface area contributed by atoms with E-state index in [2.05, 4.69) is 0 Å². The number of halogens is 1. The van der Waals surface area contributed by atoms with Crippen LogP contribution in [0.2, 0.25) is 0 Å². The van der Waals surface area contributed by atoms with Crippen LogP contribution in [0.4, 0.5) is 5.69 Å². The zero-order valence-electron chi connectivity index (χ0n) is 17.3. The molecule has 0 aromatic heterocycles. The van der Waals surface area contributed by atoms with Crippen molar-refractivity contribution in [2.24, 2.45) is 17.6 Å². The fourth-order valence-corrected chi connectivity index (χ4v) is 4.20. The number of carbonyl (C=O) groups is 2. The highest BCUT2D eigenvalue weighted by atomic mass is 35.5. The van der Waals surface area contributed by atoms with Crippen LogP contribution in [-0.4, -0.2) is 63.7 Å². The van der Waals surface area contributed by atoms with Crippen LogP contribution in [-0.2, 0) is 9.59 Å². The number of methoxy groups -OCH3 is 3. The Bertz CT molecular complexity index is 735. The molecule has 2 fully saturated rings. The highest BCUT2D eigenvalue weighted by molar-refractivity contribution is 6.00. The molecule has 2 heterocycles. The number of amides is 2. The van der Waals surface area contributed by atoms with Gasteiger partial charge in [-0.05, 0) is 25.8 Å². The summed E-state index contributed by atoms with van der Waals surface area (Å²) in [4.78, 5) is 29.2. The van der Waals surface area contributed by atoms with Crippen LogP contribution < -0.4 is 24.8 Å². The van der Waals surface area contributed by atoms with Crippen molar-refractivity contribution >= 4 is 29.9 Å². The van der Waals surface area contributed by atoms with Crippen molar-refractivity contribution < 1.29 is 23.8 Å². The lowest BCUT2D eigenvalue weighted by atomic mass is 10.1. The van der Waals surface area contributed by atoms with E-state index in [1.807, 2.05) is 11.8 Å². The number of ether oxygens (including phenoxy) is 3. The number of rotatable bonds is 6. The molecule has 3 rings (SSSR count). The van der Waals surface area contributed by atoms with Crippen molar-refractivity contribution in [3.05, 3.63) is 12.1 Å². The maximum Gasteiger partial charge on any atom is 0.228 e. The van der Waals surface area contributed by atoms with E-state index in [9.17, 15) is 9.59 Å². The maximum absolute atomic E-state index is 13.0. The third kappa shape index (κ3) is 4.38. The molecular formula is C20H30ClN3O5. The second kappa shape index (κ2) is 9.54. The molecule has 2 N–H and O–H groups in total. The molecule has 0 saturated carbocycles. The summed E-state index contributed by atoms with van der Waals surface area (Å²) in [5.74, 6) is 1.33. The Kier molecular flexibility index (Phi) is 7.60. The van der Waals surface area contributed by atoms with Gasteiger partial charge in [0.25, 0.3) is 0 Å². The average molecular weight is 428 g/mol. The van der Waals surface area contributed by atoms with Gasteiger partial charge in [0, 0.05) is 37.7 Å². The number of benzene rings is 1. The Morgan fingerprint density at radius 1 is 1.14 bits per heavy atom. The molecule has 9 heteroatoms. The molecule has 0 spiro atoms. The number of nitrogens with two attached hydrogens (primary N) is 1. The third-order valence-corrected chi connectivity index (χ3v) is 5.71. The molecule has 3 unspecified atom stereocenters. The molecule has 0 bridgehead atoms. The lowest BCUT2D eigenvalue weighted by Crippen LogP contribution is -2.40. The maximum atomic E-state index is 13.0. The van der Waals surface area contributed by atoms with Gasteiger partial charge >= 0.3 is 0 Å². The minimum Gasteiger partial charge on any atom is -0.493 e. The van der Waals surface area contributed by atoms with Gasteiger partial charge in [0.15, 0.2) is 11.5 Å². The van der Waals surface area contributed by atoms with Crippen LogP contribution >= 0.6 is 12.4 Å². The molecule has 2 saturated heterocycles. The SMILES string of the molecule is COc1cc(N2CC(C(=O)N3CC(CN)CC3C)CC2=O)cc(OC)c1OC.Cl. The summed E-state index contributed by atoms with van der Waals surface area (Å²) in [5, 5.41) is 0. The Morgan fingerprint density at radius 3 is 2.24 bits per heavy atom. The van der Waals surface area contributed by atoms with Gasteiger partial charge in [-0.15, -0.1) is 12.4 Å². The number of nitrogens with zero attached hydrogens (tertiary/aromatic N) is 2. The van der Waals surface area contributed by atoms with E-state index in [0.29, 0.717) is 48.5 Å². The predicted molar refractivity (Wildman–Crippen MR) is 112 cm³/mol.